The van der Waals surface area contributed by atoms with Crippen LogP contribution in [-0.2, 0) is 0 Å². The van der Waals surface area contributed by atoms with Crippen molar-refractivity contribution < 1.29 is 0 Å². The number of nitrogens with two attached hydrogens (primary N) is 1. The number of aromatic nitrogens is 1. The highest BCUT2D eigenvalue weighted by Gasteiger charge is 2.16. The molecule has 1 aromatic rings. The molecule has 0 spiro atoms. The normalized spacial score (nSPS) is 13.9. The Morgan fingerprint density at radius 1 is 1.47 bits per heavy atom. The molecule has 1 atom stereocenters. The van der Waals surface area contributed by atoms with Crippen LogP contribution in [0.25, 0.3) is 0 Å². The molecule has 0 saturated carbocycles. The van der Waals surface area contributed by atoms with E-state index in [1.165, 1.54) is 0 Å². The van der Waals surface area contributed by atoms with Gasteiger partial charge in [-0.15, -0.1) is 0 Å². The third-order valence-electron chi connectivity index (χ3n) is 2.34. The number of nitrogens with zero attached hydrogens (tertiary/aromatic N) is 1. The summed E-state index contributed by atoms with van der Waals surface area (Å²) in [4.78, 5) is 4.22. The highest BCUT2D eigenvalue weighted by atomic mass is 35.5. The molecule has 0 aliphatic carbocycles. The lowest BCUT2D eigenvalue weighted by atomic mass is 9.88. The van der Waals surface area contributed by atoms with Crippen LogP contribution in [0, 0.1) is 5.41 Å². The van der Waals surface area contributed by atoms with Crippen molar-refractivity contribution in [3.05, 3.63) is 29.0 Å². The fourth-order valence-electron chi connectivity index (χ4n) is 1.40. The van der Waals surface area contributed by atoms with Crippen molar-refractivity contribution in [2.75, 3.05) is 0 Å². The summed E-state index contributed by atoms with van der Waals surface area (Å²) in [6, 6.07) is 3.60. The first-order chi connectivity index (χ1) is 6.90. The molecule has 0 aliphatic heterocycles. The fourth-order valence-corrected chi connectivity index (χ4v) is 1.66. The summed E-state index contributed by atoms with van der Waals surface area (Å²) in [6.45, 7) is 6.62. The van der Waals surface area contributed by atoms with E-state index in [2.05, 4.69) is 25.8 Å². The zero-order valence-electron chi connectivity index (χ0n) is 9.63. The summed E-state index contributed by atoms with van der Waals surface area (Å²) in [5.41, 5.74) is 7.17. The number of rotatable bonds is 3. The number of hydrogen-bond acceptors (Lipinski definition) is 2. The summed E-state index contributed by atoms with van der Waals surface area (Å²) in [5, 5.41) is 0.666. The van der Waals surface area contributed by atoms with Crippen LogP contribution in [0.3, 0.4) is 0 Å². The van der Waals surface area contributed by atoms with Crippen LogP contribution in [0.15, 0.2) is 18.3 Å². The van der Waals surface area contributed by atoms with Gasteiger partial charge in [-0.25, -0.2) is 0 Å². The van der Waals surface area contributed by atoms with Crippen molar-refractivity contribution in [1.29, 1.82) is 0 Å². The van der Waals surface area contributed by atoms with E-state index in [1.807, 2.05) is 12.1 Å². The van der Waals surface area contributed by atoms with Crippen molar-refractivity contribution in [3.63, 3.8) is 0 Å². The Balaban J connectivity index is 2.62. The summed E-state index contributed by atoms with van der Waals surface area (Å²) in [5.74, 6) is 0. The minimum Gasteiger partial charge on any atom is -0.323 e. The Hall–Kier alpha value is -0.600. The van der Waals surface area contributed by atoms with E-state index >= 15 is 0 Å². The fraction of sp³-hybridized carbons (Fsp3) is 0.583. The molecular weight excluding hydrogens is 208 g/mol. The van der Waals surface area contributed by atoms with Gasteiger partial charge in [0, 0.05) is 12.2 Å². The van der Waals surface area contributed by atoms with E-state index in [0.717, 1.165) is 18.5 Å². The average molecular weight is 227 g/mol. The second-order valence-corrected chi connectivity index (χ2v) is 5.48. The lowest BCUT2D eigenvalue weighted by Crippen LogP contribution is -2.16. The Bertz CT molecular complexity index is 318. The van der Waals surface area contributed by atoms with Crippen LogP contribution in [0.4, 0.5) is 0 Å². The second kappa shape index (κ2) is 4.95. The van der Waals surface area contributed by atoms with Crippen LogP contribution in [0.1, 0.15) is 45.3 Å². The number of pyridine rings is 1. The predicted molar refractivity (Wildman–Crippen MR) is 64.9 cm³/mol. The van der Waals surface area contributed by atoms with Gasteiger partial charge in [0.15, 0.2) is 0 Å². The summed E-state index contributed by atoms with van der Waals surface area (Å²) < 4.78 is 0. The maximum absolute atomic E-state index is 6.06. The van der Waals surface area contributed by atoms with E-state index in [-0.39, 0.29) is 6.04 Å². The molecule has 0 bridgehead atoms. The van der Waals surface area contributed by atoms with Crippen LogP contribution in [0.5, 0.6) is 0 Å². The zero-order chi connectivity index (χ0) is 11.5. The lowest BCUT2D eigenvalue weighted by molar-refractivity contribution is 0.348. The molecule has 1 unspecified atom stereocenters. The van der Waals surface area contributed by atoms with Crippen molar-refractivity contribution in [2.24, 2.45) is 11.1 Å². The topological polar surface area (TPSA) is 38.9 Å². The minimum atomic E-state index is -0.0575. The van der Waals surface area contributed by atoms with Crippen LogP contribution in [0.2, 0.25) is 5.02 Å². The van der Waals surface area contributed by atoms with E-state index < -0.39 is 0 Å². The summed E-state index contributed by atoms with van der Waals surface area (Å²) in [6.07, 6.45) is 3.72. The largest absolute Gasteiger partial charge is 0.323 e. The van der Waals surface area contributed by atoms with Crippen LogP contribution >= 0.6 is 11.6 Å². The minimum absolute atomic E-state index is 0.0575. The molecule has 2 N–H and O–H groups in total. The summed E-state index contributed by atoms with van der Waals surface area (Å²) >= 11 is 6.03. The van der Waals surface area contributed by atoms with Crippen molar-refractivity contribution >= 4 is 11.6 Å². The number of hydrogen-bond donors (Lipinski definition) is 1. The molecule has 0 amide bonds. The molecule has 84 valence electrons. The molecule has 1 heterocycles. The molecule has 0 aromatic carbocycles. The van der Waals surface area contributed by atoms with Crippen LogP contribution in [-0.4, -0.2) is 4.98 Å². The van der Waals surface area contributed by atoms with Crippen LogP contribution < -0.4 is 5.73 Å². The van der Waals surface area contributed by atoms with E-state index in [9.17, 15) is 0 Å². The molecule has 1 aromatic heterocycles. The molecule has 0 fully saturated rings. The van der Waals surface area contributed by atoms with E-state index in [0.29, 0.717) is 10.4 Å². The van der Waals surface area contributed by atoms with Gasteiger partial charge in [0.25, 0.3) is 0 Å². The first kappa shape index (κ1) is 12.5. The standard InChI is InChI=1S/C12H19ClN2/c1-12(2,3)7-6-10(14)11-9(13)5-4-8-15-11/h4-5,8,10H,6-7,14H2,1-3H3. The Morgan fingerprint density at radius 2 is 2.13 bits per heavy atom. The molecule has 0 saturated heterocycles. The maximum Gasteiger partial charge on any atom is 0.0756 e. The Morgan fingerprint density at radius 3 is 2.67 bits per heavy atom. The van der Waals surface area contributed by atoms with E-state index in [1.54, 1.807) is 6.20 Å². The van der Waals surface area contributed by atoms with Gasteiger partial charge in [-0.2, -0.15) is 0 Å². The van der Waals surface area contributed by atoms with Gasteiger partial charge in [0.05, 0.1) is 10.7 Å². The van der Waals surface area contributed by atoms with Gasteiger partial charge in [-0.05, 0) is 30.4 Å². The molecule has 1 rings (SSSR count). The third kappa shape index (κ3) is 4.18. The van der Waals surface area contributed by atoms with Gasteiger partial charge in [-0.1, -0.05) is 32.4 Å². The molecule has 0 aliphatic rings. The zero-order valence-corrected chi connectivity index (χ0v) is 10.4. The van der Waals surface area contributed by atoms with Gasteiger partial charge in [0.1, 0.15) is 0 Å². The van der Waals surface area contributed by atoms with Crippen molar-refractivity contribution in [2.45, 2.75) is 39.7 Å². The summed E-state index contributed by atoms with van der Waals surface area (Å²) in [7, 11) is 0. The number of halogens is 1. The second-order valence-electron chi connectivity index (χ2n) is 5.08. The highest BCUT2D eigenvalue weighted by molar-refractivity contribution is 6.31. The van der Waals surface area contributed by atoms with E-state index in [4.69, 9.17) is 17.3 Å². The van der Waals surface area contributed by atoms with Gasteiger partial charge >= 0.3 is 0 Å². The SMILES string of the molecule is CC(C)(C)CCC(N)c1ncccc1Cl. The Labute approximate surface area is 96.8 Å². The predicted octanol–water partition coefficient (Wildman–Crippen LogP) is 3.56. The van der Waals surface area contributed by atoms with Gasteiger partial charge in [-0.3, -0.25) is 4.98 Å². The first-order valence-electron chi connectivity index (χ1n) is 5.26. The van der Waals surface area contributed by atoms with Crippen molar-refractivity contribution in [1.82, 2.24) is 4.98 Å². The molecular formula is C12H19ClN2. The van der Waals surface area contributed by atoms with Gasteiger partial charge < -0.3 is 5.73 Å². The molecule has 3 heteroatoms. The maximum atomic E-state index is 6.06. The van der Waals surface area contributed by atoms with Crippen molar-refractivity contribution in [3.8, 4) is 0 Å². The average Bonchev–Trinajstić information content (AvgIpc) is 2.14. The Kier molecular flexibility index (Phi) is 4.12. The smallest absolute Gasteiger partial charge is 0.0756 e. The molecule has 15 heavy (non-hydrogen) atoms. The van der Waals surface area contributed by atoms with Gasteiger partial charge in [0.2, 0.25) is 0 Å². The molecule has 0 radical (unpaired) electrons. The highest BCUT2D eigenvalue weighted by Crippen LogP contribution is 2.27. The lowest BCUT2D eigenvalue weighted by Gasteiger charge is -2.20. The third-order valence-corrected chi connectivity index (χ3v) is 2.66. The first-order valence-corrected chi connectivity index (χ1v) is 5.64. The quantitative estimate of drug-likeness (QED) is 0.856. The monoisotopic (exact) mass is 226 g/mol. The molecule has 2 nitrogen and oxygen atoms in total.